The lowest BCUT2D eigenvalue weighted by Crippen LogP contribution is -2.51. The van der Waals surface area contributed by atoms with Gasteiger partial charge in [0.2, 0.25) is 11.8 Å². The maximum Gasteiger partial charge on any atom is 0.264 e. The molecule has 0 saturated heterocycles. The van der Waals surface area contributed by atoms with E-state index in [9.17, 15) is 18.0 Å². The zero-order valence-corrected chi connectivity index (χ0v) is 25.8. The number of aryl methyl sites for hydroxylation is 1. The smallest absolute Gasteiger partial charge is 0.264 e. The molecule has 0 aliphatic heterocycles. The largest absolute Gasteiger partial charge is 0.354 e. The molecule has 3 rings (SSSR count). The maximum atomic E-state index is 14.0. The number of anilines is 1. The highest BCUT2D eigenvalue weighted by Crippen LogP contribution is 2.33. The van der Waals surface area contributed by atoms with E-state index in [1.165, 1.54) is 35.2 Å². The topological polar surface area (TPSA) is 86.8 Å². The SMILES string of the molecule is Cc1ccc(S(=O)(=O)N(CC(=O)N(Cc2cccc(Cl)c2)C(C)C(=O)NCC(C)C)c2cc(Cl)ccc2Cl)cc1. The molecule has 3 aromatic rings. The van der Waals surface area contributed by atoms with Crippen LogP contribution in [0.25, 0.3) is 0 Å². The van der Waals surface area contributed by atoms with Gasteiger partial charge in [0, 0.05) is 23.1 Å². The molecule has 214 valence electrons. The van der Waals surface area contributed by atoms with Gasteiger partial charge in [-0.2, -0.15) is 0 Å². The molecule has 7 nitrogen and oxygen atoms in total. The van der Waals surface area contributed by atoms with Crippen molar-refractivity contribution in [2.24, 2.45) is 5.92 Å². The fraction of sp³-hybridized carbons (Fsp3) is 0.310. The predicted octanol–water partition coefficient (Wildman–Crippen LogP) is 6.34. The average Bonchev–Trinajstić information content (AvgIpc) is 2.90. The number of nitrogens with one attached hydrogen (secondary N) is 1. The normalized spacial score (nSPS) is 12.2. The van der Waals surface area contributed by atoms with Gasteiger partial charge in [0.05, 0.1) is 15.6 Å². The lowest BCUT2D eigenvalue weighted by molar-refractivity contribution is -0.139. The third kappa shape index (κ3) is 8.13. The Kier molecular flexibility index (Phi) is 10.9. The van der Waals surface area contributed by atoms with Crippen LogP contribution in [-0.4, -0.2) is 44.3 Å². The third-order valence-corrected chi connectivity index (χ3v) is 8.72. The standard InChI is InChI=1S/C29H32Cl3N3O4S/c1-19(2)16-33-29(37)21(4)34(17-22-6-5-7-23(30)14-22)28(36)18-35(27-15-24(31)10-13-26(27)32)40(38,39)25-11-8-20(3)9-12-25/h5-15,19,21H,16-18H2,1-4H3,(H,33,37). The zero-order chi connectivity index (χ0) is 29.6. The highest BCUT2D eigenvalue weighted by Gasteiger charge is 2.33. The first-order chi connectivity index (χ1) is 18.8. The van der Waals surface area contributed by atoms with Gasteiger partial charge in [-0.05, 0) is 67.8 Å². The first kappa shape index (κ1) is 31.7. The van der Waals surface area contributed by atoms with Gasteiger partial charge < -0.3 is 10.2 Å². The summed E-state index contributed by atoms with van der Waals surface area (Å²) >= 11 is 18.8. The van der Waals surface area contributed by atoms with Crippen LogP contribution in [-0.2, 0) is 26.2 Å². The van der Waals surface area contributed by atoms with Crippen LogP contribution in [0, 0.1) is 12.8 Å². The molecule has 1 unspecified atom stereocenters. The molecule has 2 amide bonds. The van der Waals surface area contributed by atoms with E-state index < -0.39 is 28.5 Å². The molecule has 3 aromatic carbocycles. The average molecular weight is 625 g/mol. The number of rotatable bonds is 11. The molecular weight excluding hydrogens is 593 g/mol. The van der Waals surface area contributed by atoms with E-state index in [1.54, 1.807) is 43.3 Å². The molecule has 0 aliphatic carbocycles. The van der Waals surface area contributed by atoms with Crippen LogP contribution < -0.4 is 9.62 Å². The van der Waals surface area contributed by atoms with Crippen molar-refractivity contribution in [2.45, 2.75) is 45.2 Å². The van der Waals surface area contributed by atoms with Crippen LogP contribution >= 0.6 is 34.8 Å². The molecule has 1 N–H and O–H groups in total. The van der Waals surface area contributed by atoms with Crippen molar-refractivity contribution in [1.29, 1.82) is 0 Å². The van der Waals surface area contributed by atoms with Gasteiger partial charge in [-0.25, -0.2) is 8.42 Å². The number of nitrogens with zero attached hydrogens (tertiary/aromatic N) is 2. The number of amides is 2. The Morgan fingerprint density at radius 1 is 0.900 bits per heavy atom. The summed E-state index contributed by atoms with van der Waals surface area (Å²) in [5.74, 6) is -0.773. The molecule has 0 aromatic heterocycles. The summed E-state index contributed by atoms with van der Waals surface area (Å²) in [5.41, 5.74) is 1.59. The molecule has 0 radical (unpaired) electrons. The summed E-state index contributed by atoms with van der Waals surface area (Å²) in [6.07, 6.45) is 0. The summed E-state index contributed by atoms with van der Waals surface area (Å²) in [4.78, 5) is 28.3. The van der Waals surface area contributed by atoms with Gasteiger partial charge in [-0.3, -0.25) is 13.9 Å². The number of hydrogen-bond donors (Lipinski definition) is 1. The second-order valence-corrected chi connectivity index (χ2v) is 13.0. The van der Waals surface area contributed by atoms with Crippen LogP contribution in [0.2, 0.25) is 15.1 Å². The highest BCUT2D eigenvalue weighted by atomic mass is 35.5. The number of halogens is 3. The van der Waals surface area contributed by atoms with Crippen molar-refractivity contribution in [3.63, 3.8) is 0 Å². The summed E-state index contributed by atoms with van der Waals surface area (Å²) < 4.78 is 28.7. The Bertz CT molecular complexity index is 1460. The number of benzene rings is 3. The van der Waals surface area contributed by atoms with Gasteiger partial charge in [-0.15, -0.1) is 0 Å². The molecule has 40 heavy (non-hydrogen) atoms. The number of hydrogen-bond acceptors (Lipinski definition) is 4. The summed E-state index contributed by atoms with van der Waals surface area (Å²) in [6, 6.07) is 16.6. The fourth-order valence-electron chi connectivity index (χ4n) is 3.89. The molecular formula is C29H32Cl3N3O4S. The van der Waals surface area contributed by atoms with E-state index in [-0.39, 0.29) is 39.0 Å². The molecule has 1 atom stereocenters. The number of carbonyl (C=O) groups excluding carboxylic acids is 2. The van der Waals surface area contributed by atoms with E-state index in [4.69, 9.17) is 34.8 Å². The highest BCUT2D eigenvalue weighted by molar-refractivity contribution is 7.92. The minimum atomic E-state index is -4.26. The minimum Gasteiger partial charge on any atom is -0.354 e. The Morgan fingerprint density at radius 2 is 1.55 bits per heavy atom. The minimum absolute atomic E-state index is 0.0222. The van der Waals surface area contributed by atoms with E-state index in [2.05, 4.69) is 5.32 Å². The monoisotopic (exact) mass is 623 g/mol. The van der Waals surface area contributed by atoms with Gasteiger partial charge >= 0.3 is 0 Å². The third-order valence-electron chi connectivity index (χ3n) is 6.16. The first-order valence-electron chi connectivity index (χ1n) is 12.7. The molecule has 0 bridgehead atoms. The van der Waals surface area contributed by atoms with Crippen molar-refractivity contribution in [3.8, 4) is 0 Å². The Labute approximate surface area is 251 Å². The molecule has 11 heteroatoms. The van der Waals surface area contributed by atoms with E-state index in [0.717, 1.165) is 9.87 Å². The van der Waals surface area contributed by atoms with E-state index in [1.807, 2.05) is 20.8 Å². The van der Waals surface area contributed by atoms with Gasteiger partial charge in [0.15, 0.2) is 0 Å². The molecule has 0 heterocycles. The van der Waals surface area contributed by atoms with Crippen molar-refractivity contribution >= 4 is 62.3 Å². The Balaban J connectivity index is 2.06. The molecule has 0 spiro atoms. The van der Waals surface area contributed by atoms with Crippen molar-refractivity contribution in [2.75, 3.05) is 17.4 Å². The van der Waals surface area contributed by atoms with E-state index >= 15 is 0 Å². The zero-order valence-electron chi connectivity index (χ0n) is 22.7. The Morgan fingerprint density at radius 3 is 2.17 bits per heavy atom. The predicted molar refractivity (Wildman–Crippen MR) is 161 cm³/mol. The van der Waals surface area contributed by atoms with Crippen molar-refractivity contribution in [1.82, 2.24) is 10.2 Å². The van der Waals surface area contributed by atoms with Crippen LogP contribution in [0.15, 0.2) is 71.6 Å². The summed E-state index contributed by atoms with van der Waals surface area (Å²) in [7, 11) is -4.26. The van der Waals surface area contributed by atoms with Crippen molar-refractivity contribution < 1.29 is 18.0 Å². The van der Waals surface area contributed by atoms with Gasteiger partial charge in [-0.1, -0.05) is 78.5 Å². The van der Waals surface area contributed by atoms with Crippen LogP contribution in [0.5, 0.6) is 0 Å². The Hall–Kier alpha value is -2.78. The van der Waals surface area contributed by atoms with Crippen LogP contribution in [0.1, 0.15) is 31.9 Å². The van der Waals surface area contributed by atoms with Crippen LogP contribution in [0.4, 0.5) is 5.69 Å². The second-order valence-electron chi connectivity index (χ2n) is 9.89. The molecule has 0 aliphatic rings. The molecule has 0 saturated carbocycles. The quantitative estimate of drug-likeness (QED) is 0.270. The summed E-state index contributed by atoms with van der Waals surface area (Å²) in [5, 5.41) is 3.65. The number of sulfonamides is 1. The van der Waals surface area contributed by atoms with Gasteiger partial charge in [0.25, 0.3) is 10.0 Å². The van der Waals surface area contributed by atoms with Gasteiger partial charge in [0.1, 0.15) is 12.6 Å². The molecule has 0 fully saturated rings. The van der Waals surface area contributed by atoms with E-state index in [0.29, 0.717) is 17.1 Å². The lowest BCUT2D eigenvalue weighted by Gasteiger charge is -2.32. The second kappa shape index (κ2) is 13.7. The van der Waals surface area contributed by atoms with Crippen LogP contribution in [0.3, 0.4) is 0 Å². The maximum absolute atomic E-state index is 14.0. The van der Waals surface area contributed by atoms with Crippen molar-refractivity contribution in [3.05, 3.63) is 92.9 Å². The fourth-order valence-corrected chi connectivity index (χ4v) is 5.97. The lowest BCUT2D eigenvalue weighted by atomic mass is 10.1. The first-order valence-corrected chi connectivity index (χ1v) is 15.2. The number of carbonyl (C=O) groups is 2. The summed E-state index contributed by atoms with van der Waals surface area (Å²) in [6.45, 7) is 7.18.